The molecule has 2 unspecified atom stereocenters. The molecule has 4 nitrogen and oxygen atoms in total. The molecule has 34 heavy (non-hydrogen) atoms. The highest BCUT2D eigenvalue weighted by atomic mass is 16.3. The van der Waals surface area contributed by atoms with Gasteiger partial charge in [0.05, 0.1) is 12.2 Å². The van der Waals surface area contributed by atoms with Gasteiger partial charge in [-0.3, -0.25) is 0 Å². The Bertz CT molecular complexity index is 567. The lowest BCUT2D eigenvalue weighted by Gasteiger charge is -2.18. The fourth-order valence-electron chi connectivity index (χ4n) is 3.73. The van der Waals surface area contributed by atoms with E-state index in [1.165, 1.54) is 12.8 Å². The van der Waals surface area contributed by atoms with Gasteiger partial charge in [0.25, 0.3) is 0 Å². The van der Waals surface area contributed by atoms with Gasteiger partial charge in [0.1, 0.15) is 0 Å². The monoisotopic (exact) mass is 474 g/mol. The molecule has 0 saturated carbocycles. The minimum atomic E-state index is -0.344. The van der Waals surface area contributed by atoms with Crippen LogP contribution in [-0.4, -0.2) is 35.4 Å². The van der Waals surface area contributed by atoms with Crippen LogP contribution in [0.2, 0.25) is 0 Å². The molecule has 0 amide bonds. The number of rotatable bonds is 4. The fraction of sp³-hybridized carbons (Fsp3) is 0.600. The van der Waals surface area contributed by atoms with Crippen LogP contribution in [0.15, 0.2) is 60.7 Å². The highest BCUT2D eigenvalue weighted by Gasteiger charge is 2.24. The van der Waals surface area contributed by atoms with Crippen molar-refractivity contribution in [3.8, 4) is 0 Å². The van der Waals surface area contributed by atoms with Gasteiger partial charge in [-0.2, -0.15) is 0 Å². The van der Waals surface area contributed by atoms with Gasteiger partial charge >= 0.3 is 0 Å². The average Bonchev–Trinajstić information content (AvgIpc) is 3.69. The first kappa shape index (κ1) is 34.4. The molecule has 2 aromatic rings. The molecule has 0 aliphatic carbocycles. The van der Waals surface area contributed by atoms with Crippen LogP contribution in [0.25, 0.3) is 0 Å². The van der Waals surface area contributed by atoms with Crippen molar-refractivity contribution < 1.29 is 10.2 Å². The Balaban J connectivity index is 0. The van der Waals surface area contributed by atoms with E-state index >= 15 is 0 Å². The lowest BCUT2D eigenvalue weighted by atomic mass is 10.0. The highest BCUT2D eigenvalue weighted by molar-refractivity contribution is 5.20. The number of aliphatic hydroxyl groups is 2. The van der Waals surface area contributed by atoms with E-state index in [0.717, 1.165) is 37.1 Å². The van der Waals surface area contributed by atoms with Crippen molar-refractivity contribution in [1.82, 2.24) is 10.6 Å². The first-order chi connectivity index (χ1) is 16.8. The molecule has 4 atom stereocenters. The van der Waals surface area contributed by atoms with Gasteiger partial charge in [-0.25, -0.2) is 0 Å². The van der Waals surface area contributed by atoms with Gasteiger partial charge in [0.15, 0.2) is 0 Å². The molecule has 2 aromatic carbocycles. The summed E-state index contributed by atoms with van der Waals surface area (Å²) in [5, 5.41) is 26.5. The summed E-state index contributed by atoms with van der Waals surface area (Å²) in [6, 6.07) is 20.2. The second kappa shape index (κ2) is 24.4. The maximum absolute atomic E-state index is 9.96. The standard InChI is InChI=1S/2C11H15NO.4C2H6/c2*13-11(10-7-4-8-12-10)9-5-2-1-3-6-9;4*1-2/h2*1-3,5-6,10-13H,4,7-8H2;4*1-2H3/t2*10?,11-;;;;/m10..../s1. The summed E-state index contributed by atoms with van der Waals surface area (Å²) < 4.78 is 0. The lowest BCUT2D eigenvalue weighted by molar-refractivity contribution is 0.137. The van der Waals surface area contributed by atoms with Crippen molar-refractivity contribution in [2.24, 2.45) is 0 Å². The lowest BCUT2D eigenvalue weighted by Crippen LogP contribution is -2.28. The van der Waals surface area contributed by atoms with Gasteiger partial charge in [-0.1, -0.05) is 116 Å². The second-order valence-electron chi connectivity index (χ2n) is 7.12. The molecule has 2 aliphatic heterocycles. The van der Waals surface area contributed by atoms with Crippen molar-refractivity contribution in [1.29, 1.82) is 0 Å². The third-order valence-electron chi connectivity index (χ3n) is 5.24. The Labute approximate surface area is 211 Å². The number of benzene rings is 2. The molecule has 0 aromatic heterocycles. The molecule has 2 aliphatic rings. The summed E-state index contributed by atoms with van der Waals surface area (Å²) in [4.78, 5) is 0. The maximum atomic E-state index is 9.96. The number of hydrogen-bond acceptors (Lipinski definition) is 4. The van der Waals surface area contributed by atoms with Gasteiger partial charge in [-0.15, -0.1) is 0 Å². The SMILES string of the molecule is CC.CC.CC.CC.O[C@@H](c1ccccc1)C1CCCN1.O[C@H](c1ccccc1)C1CCCN1. The third kappa shape index (κ3) is 13.2. The fourth-order valence-corrected chi connectivity index (χ4v) is 3.73. The second-order valence-corrected chi connectivity index (χ2v) is 7.12. The van der Waals surface area contributed by atoms with E-state index in [9.17, 15) is 10.2 Å². The van der Waals surface area contributed by atoms with E-state index in [2.05, 4.69) is 10.6 Å². The first-order valence-corrected chi connectivity index (χ1v) is 13.7. The van der Waals surface area contributed by atoms with Gasteiger partial charge < -0.3 is 20.8 Å². The van der Waals surface area contributed by atoms with Crippen LogP contribution in [-0.2, 0) is 0 Å². The summed E-state index contributed by atoms with van der Waals surface area (Å²) in [6.07, 6.45) is 3.82. The quantitative estimate of drug-likeness (QED) is 0.383. The van der Waals surface area contributed by atoms with Crippen LogP contribution in [0.4, 0.5) is 0 Å². The van der Waals surface area contributed by atoms with E-state index < -0.39 is 0 Å². The smallest absolute Gasteiger partial charge is 0.0942 e. The predicted octanol–water partition coefficient (Wildman–Crippen LogP) is 7.05. The Morgan fingerprint density at radius 3 is 1.09 bits per heavy atom. The Morgan fingerprint density at radius 2 is 0.853 bits per heavy atom. The topological polar surface area (TPSA) is 64.5 Å². The van der Waals surface area contributed by atoms with Gasteiger partial charge in [0, 0.05) is 12.1 Å². The van der Waals surface area contributed by atoms with E-state index in [4.69, 9.17) is 0 Å². The molecular formula is C30H54N2O2. The Kier molecular flexibility index (Phi) is 24.7. The van der Waals surface area contributed by atoms with Crippen molar-refractivity contribution in [2.45, 2.75) is 105 Å². The molecule has 0 bridgehead atoms. The van der Waals surface area contributed by atoms with Crippen molar-refractivity contribution in [3.05, 3.63) is 71.8 Å². The summed E-state index contributed by atoms with van der Waals surface area (Å²) in [7, 11) is 0. The van der Waals surface area contributed by atoms with E-state index in [-0.39, 0.29) is 24.3 Å². The summed E-state index contributed by atoms with van der Waals surface area (Å²) in [6.45, 7) is 18.1. The van der Waals surface area contributed by atoms with Crippen molar-refractivity contribution >= 4 is 0 Å². The van der Waals surface area contributed by atoms with Crippen LogP contribution in [0.1, 0.15) is 104 Å². The largest absolute Gasteiger partial charge is 0.387 e. The molecule has 4 rings (SSSR count). The molecule has 0 spiro atoms. The zero-order valence-electron chi connectivity index (χ0n) is 23.2. The average molecular weight is 475 g/mol. The number of nitrogens with one attached hydrogen (secondary N) is 2. The number of hydrogen-bond donors (Lipinski definition) is 4. The molecular weight excluding hydrogens is 420 g/mol. The predicted molar refractivity (Wildman–Crippen MR) is 150 cm³/mol. The number of aliphatic hydroxyl groups excluding tert-OH is 2. The zero-order chi connectivity index (χ0) is 26.2. The van der Waals surface area contributed by atoms with Gasteiger partial charge in [0.2, 0.25) is 0 Å². The van der Waals surface area contributed by atoms with Crippen LogP contribution in [0.5, 0.6) is 0 Å². The Morgan fingerprint density at radius 1 is 0.559 bits per heavy atom. The molecule has 4 heteroatoms. The van der Waals surface area contributed by atoms with Crippen LogP contribution in [0.3, 0.4) is 0 Å². The van der Waals surface area contributed by atoms with Crippen LogP contribution in [0, 0.1) is 0 Å². The van der Waals surface area contributed by atoms with Crippen molar-refractivity contribution in [2.75, 3.05) is 13.1 Å². The minimum absolute atomic E-state index is 0.252. The Hall–Kier alpha value is -1.72. The van der Waals surface area contributed by atoms with E-state index in [1.807, 2.05) is 116 Å². The van der Waals surface area contributed by atoms with Gasteiger partial charge in [-0.05, 0) is 49.9 Å². The normalized spacial score (nSPS) is 19.5. The van der Waals surface area contributed by atoms with E-state index in [1.54, 1.807) is 0 Å². The molecule has 2 heterocycles. The minimum Gasteiger partial charge on any atom is -0.387 e. The van der Waals surface area contributed by atoms with Crippen LogP contribution >= 0.6 is 0 Å². The van der Waals surface area contributed by atoms with Crippen LogP contribution < -0.4 is 10.6 Å². The zero-order valence-corrected chi connectivity index (χ0v) is 23.2. The molecule has 0 radical (unpaired) electrons. The molecule has 4 N–H and O–H groups in total. The van der Waals surface area contributed by atoms with Crippen molar-refractivity contribution in [3.63, 3.8) is 0 Å². The molecule has 196 valence electrons. The molecule has 2 saturated heterocycles. The van der Waals surface area contributed by atoms with E-state index in [0.29, 0.717) is 0 Å². The maximum Gasteiger partial charge on any atom is 0.0942 e. The third-order valence-corrected chi connectivity index (χ3v) is 5.24. The summed E-state index contributed by atoms with van der Waals surface area (Å²) in [5.41, 5.74) is 2.03. The summed E-state index contributed by atoms with van der Waals surface area (Å²) >= 11 is 0. The highest BCUT2D eigenvalue weighted by Crippen LogP contribution is 2.23. The molecule has 2 fully saturated rings. The first-order valence-electron chi connectivity index (χ1n) is 13.7. The summed E-state index contributed by atoms with van der Waals surface area (Å²) in [5.74, 6) is 0.